The summed E-state index contributed by atoms with van der Waals surface area (Å²) in [6.07, 6.45) is 2.05. The molecular weight excluding hydrogens is 365 g/mol. The Labute approximate surface area is 147 Å². The molecule has 0 unspecified atom stereocenters. The van der Waals surface area contributed by atoms with Crippen molar-refractivity contribution in [2.45, 2.75) is 12.8 Å². The first-order chi connectivity index (χ1) is 11.0. The number of rotatable bonds is 6. The maximum Gasteiger partial charge on any atom is 0.306 e. The van der Waals surface area contributed by atoms with Gasteiger partial charge in [-0.2, -0.15) is 0 Å². The van der Waals surface area contributed by atoms with Gasteiger partial charge in [-0.25, -0.2) is 0 Å². The molecular formula is C15H12Cl3NO4. The van der Waals surface area contributed by atoms with Gasteiger partial charge >= 0.3 is 5.97 Å². The van der Waals surface area contributed by atoms with Crippen molar-refractivity contribution in [3.63, 3.8) is 0 Å². The summed E-state index contributed by atoms with van der Waals surface area (Å²) in [5.74, 6) is -0.359. The molecule has 0 bridgehead atoms. The van der Waals surface area contributed by atoms with E-state index in [4.69, 9.17) is 44.0 Å². The van der Waals surface area contributed by atoms with Crippen LogP contribution in [0.4, 0.5) is 5.69 Å². The quantitative estimate of drug-likeness (QED) is 0.601. The average Bonchev–Trinajstić information content (AvgIpc) is 3.02. The van der Waals surface area contributed by atoms with E-state index in [1.165, 1.54) is 18.4 Å². The standard InChI is InChI=1S/C15H12Cl3NO4/c16-10-6-12(18)13(7-11(10)17)19-14(20)8-23-15(21)4-3-9-2-1-5-22-9/h1-2,5-7H,3-4,8H2,(H,19,20). The number of hydrogen-bond donors (Lipinski definition) is 1. The van der Waals surface area contributed by atoms with E-state index in [1.54, 1.807) is 12.1 Å². The van der Waals surface area contributed by atoms with E-state index in [0.717, 1.165) is 0 Å². The Hall–Kier alpha value is -1.69. The number of carbonyl (C=O) groups excluding carboxylic acids is 2. The Morgan fingerprint density at radius 3 is 2.57 bits per heavy atom. The first-order valence-electron chi connectivity index (χ1n) is 6.58. The molecule has 1 aromatic heterocycles. The predicted octanol–water partition coefficient (Wildman–Crippen LogP) is 4.35. The molecule has 2 rings (SSSR count). The maximum absolute atomic E-state index is 11.8. The third-order valence-corrected chi connectivity index (χ3v) is 3.84. The van der Waals surface area contributed by atoms with Gasteiger partial charge in [-0.05, 0) is 24.3 Å². The summed E-state index contributed by atoms with van der Waals surface area (Å²) in [6.45, 7) is -0.423. The van der Waals surface area contributed by atoms with Crippen LogP contribution < -0.4 is 5.32 Å². The van der Waals surface area contributed by atoms with Gasteiger partial charge in [0.05, 0.1) is 33.4 Å². The molecule has 23 heavy (non-hydrogen) atoms. The molecule has 5 nitrogen and oxygen atoms in total. The summed E-state index contributed by atoms with van der Waals surface area (Å²) >= 11 is 17.6. The zero-order chi connectivity index (χ0) is 16.8. The first kappa shape index (κ1) is 17.7. The smallest absolute Gasteiger partial charge is 0.306 e. The Morgan fingerprint density at radius 1 is 1.13 bits per heavy atom. The number of esters is 1. The van der Waals surface area contributed by atoms with Crippen LogP contribution in [0.1, 0.15) is 12.2 Å². The third kappa shape index (κ3) is 5.46. The SMILES string of the molecule is O=C(COC(=O)CCc1ccco1)Nc1cc(Cl)c(Cl)cc1Cl. The molecule has 0 radical (unpaired) electrons. The molecule has 0 fully saturated rings. The maximum atomic E-state index is 11.8. The average molecular weight is 377 g/mol. The van der Waals surface area contributed by atoms with Crippen LogP contribution >= 0.6 is 34.8 Å². The van der Waals surface area contributed by atoms with Gasteiger partial charge in [0.2, 0.25) is 0 Å². The van der Waals surface area contributed by atoms with Crippen molar-refractivity contribution in [3.05, 3.63) is 51.4 Å². The summed E-state index contributed by atoms with van der Waals surface area (Å²) in [5.41, 5.74) is 0.290. The van der Waals surface area contributed by atoms with Gasteiger partial charge < -0.3 is 14.5 Å². The minimum absolute atomic E-state index is 0.119. The number of carbonyl (C=O) groups is 2. The van der Waals surface area contributed by atoms with Crippen LogP contribution in [0.5, 0.6) is 0 Å². The Morgan fingerprint density at radius 2 is 1.87 bits per heavy atom. The van der Waals surface area contributed by atoms with Crippen LogP contribution in [0, 0.1) is 0 Å². The molecule has 1 aromatic carbocycles. The number of ether oxygens (including phenoxy) is 1. The van der Waals surface area contributed by atoms with Crippen molar-refractivity contribution in [1.82, 2.24) is 0 Å². The van der Waals surface area contributed by atoms with Gasteiger partial charge in [-0.3, -0.25) is 9.59 Å². The molecule has 1 N–H and O–H groups in total. The second-order valence-corrected chi connectivity index (χ2v) is 5.76. The zero-order valence-electron chi connectivity index (χ0n) is 11.8. The number of hydrogen-bond acceptors (Lipinski definition) is 4. The van der Waals surface area contributed by atoms with E-state index in [1.807, 2.05) is 0 Å². The molecule has 0 atom stereocenters. The van der Waals surface area contributed by atoms with Crippen molar-refractivity contribution < 1.29 is 18.7 Å². The molecule has 1 amide bonds. The van der Waals surface area contributed by atoms with Crippen LogP contribution in [-0.2, 0) is 20.7 Å². The molecule has 0 aliphatic rings. The molecule has 0 aliphatic carbocycles. The monoisotopic (exact) mass is 375 g/mol. The molecule has 2 aromatic rings. The van der Waals surface area contributed by atoms with Crippen molar-refractivity contribution in [1.29, 1.82) is 0 Å². The van der Waals surface area contributed by atoms with Crippen molar-refractivity contribution in [3.8, 4) is 0 Å². The Kier molecular flexibility index (Phi) is 6.33. The number of halogens is 3. The van der Waals surface area contributed by atoms with Crippen molar-refractivity contribution >= 4 is 52.4 Å². The minimum Gasteiger partial charge on any atom is -0.469 e. The summed E-state index contributed by atoms with van der Waals surface area (Å²) in [4.78, 5) is 23.3. The van der Waals surface area contributed by atoms with Crippen LogP contribution in [-0.4, -0.2) is 18.5 Å². The Bertz CT molecular complexity index is 701. The molecule has 1 heterocycles. The molecule has 0 saturated heterocycles. The third-order valence-electron chi connectivity index (χ3n) is 2.80. The zero-order valence-corrected chi connectivity index (χ0v) is 14.0. The molecule has 8 heteroatoms. The lowest BCUT2D eigenvalue weighted by molar-refractivity contribution is -0.147. The van der Waals surface area contributed by atoms with E-state index >= 15 is 0 Å². The fraction of sp³-hybridized carbons (Fsp3) is 0.200. The lowest BCUT2D eigenvalue weighted by Gasteiger charge is -2.09. The number of furan rings is 1. The summed E-state index contributed by atoms with van der Waals surface area (Å²) < 4.78 is 9.97. The van der Waals surface area contributed by atoms with Crippen LogP contribution in [0.3, 0.4) is 0 Å². The van der Waals surface area contributed by atoms with Crippen LogP contribution in [0.25, 0.3) is 0 Å². The normalized spacial score (nSPS) is 10.4. The summed E-state index contributed by atoms with van der Waals surface area (Å²) in [7, 11) is 0. The number of aryl methyl sites for hydroxylation is 1. The van der Waals surface area contributed by atoms with E-state index < -0.39 is 18.5 Å². The van der Waals surface area contributed by atoms with Crippen LogP contribution in [0.15, 0.2) is 34.9 Å². The predicted molar refractivity (Wildman–Crippen MR) is 88.1 cm³/mol. The molecule has 122 valence electrons. The topological polar surface area (TPSA) is 68.5 Å². The molecule has 0 spiro atoms. The van der Waals surface area contributed by atoms with E-state index in [0.29, 0.717) is 12.2 Å². The largest absolute Gasteiger partial charge is 0.469 e. The number of benzene rings is 1. The van der Waals surface area contributed by atoms with E-state index in [-0.39, 0.29) is 27.2 Å². The summed E-state index contributed by atoms with van der Waals surface area (Å²) in [6, 6.07) is 6.32. The van der Waals surface area contributed by atoms with Crippen molar-refractivity contribution in [2.24, 2.45) is 0 Å². The minimum atomic E-state index is -0.531. The lowest BCUT2D eigenvalue weighted by atomic mass is 10.2. The van der Waals surface area contributed by atoms with E-state index in [2.05, 4.69) is 5.32 Å². The highest BCUT2D eigenvalue weighted by Crippen LogP contribution is 2.32. The highest BCUT2D eigenvalue weighted by atomic mass is 35.5. The van der Waals surface area contributed by atoms with Crippen LogP contribution in [0.2, 0.25) is 15.1 Å². The fourth-order valence-electron chi connectivity index (χ4n) is 1.70. The number of amides is 1. The number of anilines is 1. The van der Waals surface area contributed by atoms with Gasteiger partial charge in [0, 0.05) is 6.42 Å². The second kappa shape index (κ2) is 8.24. The second-order valence-electron chi connectivity index (χ2n) is 4.53. The lowest BCUT2D eigenvalue weighted by Crippen LogP contribution is -2.21. The van der Waals surface area contributed by atoms with Gasteiger partial charge in [0.15, 0.2) is 6.61 Å². The fourth-order valence-corrected chi connectivity index (χ4v) is 2.30. The molecule has 0 aliphatic heterocycles. The van der Waals surface area contributed by atoms with Crippen molar-refractivity contribution in [2.75, 3.05) is 11.9 Å². The first-order valence-corrected chi connectivity index (χ1v) is 7.71. The highest BCUT2D eigenvalue weighted by molar-refractivity contribution is 6.44. The van der Waals surface area contributed by atoms with Gasteiger partial charge in [0.1, 0.15) is 5.76 Å². The molecule has 0 saturated carbocycles. The number of nitrogens with one attached hydrogen (secondary N) is 1. The Balaban J connectivity index is 1.78. The summed E-state index contributed by atoms with van der Waals surface area (Å²) in [5, 5.41) is 3.26. The van der Waals surface area contributed by atoms with Gasteiger partial charge in [0.25, 0.3) is 5.91 Å². The van der Waals surface area contributed by atoms with Gasteiger partial charge in [-0.1, -0.05) is 34.8 Å². The van der Waals surface area contributed by atoms with Gasteiger partial charge in [-0.15, -0.1) is 0 Å². The van der Waals surface area contributed by atoms with E-state index in [9.17, 15) is 9.59 Å². The highest BCUT2D eigenvalue weighted by Gasteiger charge is 2.12.